The molecule has 0 unspecified atom stereocenters. The van der Waals surface area contributed by atoms with Crippen LogP contribution >= 0.6 is 0 Å². The van der Waals surface area contributed by atoms with Crippen molar-refractivity contribution in [2.75, 3.05) is 26.3 Å². The van der Waals surface area contributed by atoms with Gasteiger partial charge in [0.1, 0.15) is 0 Å². The smallest absolute Gasteiger partial charge is 0.213 e. The molecule has 4 rings (SSSR count). The summed E-state index contributed by atoms with van der Waals surface area (Å²) in [5, 5.41) is 0. The van der Waals surface area contributed by atoms with Crippen molar-refractivity contribution in [1.82, 2.24) is 14.9 Å². The molecule has 2 saturated heterocycles. The number of ether oxygens (including phenoxy) is 2. The first-order chi connectivity index (χ1) is 11.3. The van der Waals surface area contributed by atoms with Gasteiger partial charge >= 0.3 is 0 Å². The maximum absolute atomic E-state index is 6.09. The molecule has 5 nitrogen and oxygen atoms in total. The van der Waals surface area contributed by atoms with Crippen molar-refractivity contribution in [1.29, 1.82) is 0 Å². The van der Waals surface area contributed by atoms with E-state index in [1.54, 1.807) is 6.20 Å². The van der Waals surface area contributed by atoms with Crippen LogP contribution in [-0.2, 0) is 11.3 Å². The van der Waals surface area contributed by atoms with Crippen LogP contribution in [0.2, 0.25) is 0 Å². The van der Waals surface area contributed by atoms with Gasteiger partial charge in [-0.2, -0.15) is 0 Å². The third-order valence-corrected chi connectivity index (χ3v) is 4.78. The highest BCUT2D eigenvalue weighted by Gasteiger charge is 2.53. The first-order valence-electron chi connectivity index (χ1n) is 8.13. The molecule has 23 heavy (non-hydrogen) atoms. The number of likely N-dealkylation sites (tertiary alicyclic amines) is 1. The number of pyridine rings is 2. The maximum atomic E-state index is 6.09. The minimum atomic E-state index is -0.0308. The Kier molecular flexibility index (Phi) is 3.97. The molecule has 1 spiro atoms. The van der Waals surface area contributed by atoms with Crippen LogP contribution < -0.4 is 4.74 Å². The lowest BCUT2D eigenvalue weighted by molar-refractivity contribution is -0.140. The largest absolute Gasteiger partial charge is 0.477 e. The van der Waals surface area contributed by atoms with Crippen LogP contribution in [0.4, 0.5) is 0 Å². The summed E-state index contributed by atoms with van der Waals surface area (Å²) in [6, 6.07) is 9.85. The molecule has 0 bridgehead atoms. The number of nitrogens with zero attached hydrogens (tertiary/aromatic N) is 3. The Balaban J connectivity index is 1.32. The van der Waals surface area contributed by atoms with Gasteiger partial charge in [0.2, 0.25) is 5.88 Å². The standard InChI is InChI=1S/C18H21N3O2/c1-2-8-20-17(5-1)22-12-16-6-9-23-18(16)13-21(14-18)11-15-4-3-7-19-10-15/h1-5,7-8,10,16H,6,9,11-14H2/t16-/m1/s1. The summed E-state index contributed by atoms with van der Waals surface area (Å²) in [5.41, 5.74) is 1.22. The van der Waals surface area contributed by atoms with E-state index >= 15 is 0 Å². The van der Waals surface area contributed by atoms with E-state index in [0.717, 1.165) is 32.7 Å². The fourth-order valence-corrected chi connectivity index (χ4v) is 3.56. The van der Waals surface area contributed by atoms with E-state index in [2.05, 4.69) is 20.9 Å². The van der Waals surface area contributed by atoms with Crippen molar-refractivity contribution in [3.05, 3.63) is 54.5 Å². The topological polar surface area (TPSA) is 47.5 Å². The predicted octanol–water partition coefficient (Wildman–Crippen LogP) is 2.15. The molecule has 0 N–H and O–H groups in total. The summed E-state index contributed by atoms with van der Waals surface area (Å²) in [7, 11) is 0. The van der Waals surface area contributed by atoms with Crippen molar-refractivity contribution >= 4 is 0 Å². The van der Waals surface area contributed by atoms with E-state index in [-0.39, 0.29) is 5.60 Å². The van der Waals surface area contributed by atoms with Gasteiger partial charge in [0.05, 0.1) is 12.2 Å². The van der Waals surface area contributed by atoms with E-state index in [9.17, 15) is 0 Å². The molecule has 0 saturated carbocycles. The molecule has 1 atom stereocenters. The van der Waals surface area contributed by atoms with Crippen LogP contribution in [-0.4, -0.2) is 46.8 Å². The normalized spacial score (nSPS) is 22.9. The Hall–Kier alpha value is -1.98. The highest BCUT2D eigenvalue weighted by atomic mass is 16.5. The zero-order valence-corrected chi connectivity index (χ0v) is 13.1. The van der Waals surface area contributed by atoms with Crippen molar-refractivity contribution < 1.29 is 9.47 Å². The lowest BCUT2D eigenvalue weighted by Gasteiger charge is -2.50. The molecule has 0 amide bonds. The molecule has 2 fully saturated rings. The number of rotatable bonds is 5. The maximum Gasteiger partial charge on any atom is 0.213 e. The second kappa shape index (κ2) is 6.26. The highest BCUT2D eigenvalue weighted by Crippen LogP contribution is 2.40. The van der Waals surface area contributed by atoms with E-state index in [0.29, 0.717) is 18.4 Å². The zero-order chi connectivity index (χ0) is 15.5. The van der Waals surface area contributed by atoms with E-state index < -0.39 is 0 Å². The average Bonchev–Trinajstić information content (AvgIpc) is 2.98. The van der Waals surface area contributed by atoms with Crippen molar-refractivity contribution in [3.63, 3.8) is 0 Å². The third-order valence-electron chi connectivity index (χ3n) is 4.78. The molecule has 2 aromatic rings. The summed E-state index contributed by atoms with van der Waals surface area (Å²) in [4.78, 5) is 10.8. The number of hydrogen-bond acceptors (Lipinski definition) is 5. The van der Waals surface area contributed by atoms with Crippen LogP contribution in [0.15, 0.2) is 48.9 Å². The molecule has 0 aromatic carbocycles. The summed E-state index contributed by atoms with van der Waals surface area (Å²) in [5.74, 6) is 1.13. The fourth-order valence-electron chi connectivity index (χ4n) is 3.56. The summed E-state index contributed by atoms with van der Waals surface area (Å²) in [6.45, 7) is 4.39. The number of aromatic nitrogens is 2. The van der Waals surface area contributed by atoms with Crippen molar-refractivity contribution in [3.8, 4) is 5.88 Å². The van der Waals surface area contributed by atoms with Gasteiger partial charge in [-0.25, -0.2) is 4.98 Å². The third kappa shape index (κ3) is 3.07. The van der Waals surface area contributed by atoms with Gasteiger partial charge < -0.3 is 9.47 Å². The van der Waals surface area contributed by atoms with Crippen LogP contribution in [0.1, 0.15) is 12.0 Å². The Labute approximate surface area is 136 Å². The van der Waals surface area contributed by atoms with E-state index in [4.69, 9.17) is 9.47 Å². The highest BCUT2D eigenvalue weighted by molar-refractivity contribution is 5.13. The molecule has 2 aliphatic heterocycles. The van der Waals surface area contributed by atoms with Gasteiger partial charge in [0.15, 0.2) is 0 Å². The van der Waals surface area contributed by atoms with Crippen LogP contribution in [0.3, 0.4) is 0 Å². The summed E-state index contributed by atoms with van der Waals surface area (Å²) >= 11 is 0. The van der Waals surface area contributed by atoms with Crippen LogP contribution in [0.25, 0.3) is 0 Å². The molecule has 120 valence electrons. The van der Waals surface area contributed by atoms with Gasteiger partial charge in [0, 0.05) is 56.8 Å². The van der Waals surface area contributed by atoms with Crippen molar-refractivity contribution in [2.45, 2.75) is 18.6 Å². The van der Waals surface area contributed by atoms with Gasteiger partial charge in [-0.3, -0.25) is 9.88 Å². The molecule has 4 heterocycles. The van der Waals surface area contributed by atoms with Crippen LogP contribution in [0.5, 0.6) is 5.88 Å². The first-order valence-corrected chi connectivity index (χ1v) is 8.13. The molecule has 0 aliphatic carbocycles. The molecule has 2 aromatic heterocycles. The monoisotopic (exact) mass is 311 g/mol. The molecule has 0 radical (unpaired) electrons. The lowest BCUT2D eigenvalue weighted by atomic mass is 9.81. The molecule has 2 aliphatic rings. The summed E-state index contributed by atoms with van der Waals surface area (Å²) < 4.78 is 11.9. The molecular formula is C18H21N3O2. The Morgan fingerprint density at radius 1 is 1.22 bits per heavy atom. The van der Waals surface area contributed by atoms with Gasteiger partial charge in [0.25, 0.3) is 0 Å². The number of hydrogen-bond donors (Lipinski definition) is 0. The lowest BCUT2D eigenvalue weighted by Crippen LogP contribution is -2.64. The minimum Gasteiger partial charge on any atom is -0.477 e. The Bertz CT molecular complexity index is 629. The quantitative estimate of drug-likeness (QED) is 0.847. The predicted molar refractivity (Wildman–Crippen MR) is 86.0 cm³/mol. The van der Waals surface area contributed by atoms with Crippen LogP contribution in [0, 0.1) is 5.92 Å². The second-order valence-electron chi connectivity index (χ2n) is 6.38. The SMILES string of the molecule is c1ccc(OC[C@H]2CCOC23CN(Cc2cccnc2)C3)nc1. The first kappa shape index (κ1) is 14.6. The van der Waals surface area contributed by atoms with Gasteiger partial charge in [-0.1, -0.05) is 12.1 Å². The Morgan fingerprint density at radius 2 is 2.17 bits per heavy atom. The molecular weight excluding hydrogens is 290 g/mol. The van der Waals surface area contributed by atoms with E-state index in [1.807, 2.05) is 36.7 Å². The molecule has 5 heteroatoms. The second-order valence-corrected chi connectivity index (χ2v) is 6.38. The average molecular weight is 311 g/mol. The van der Waals surface area contributed by atoms with E-state index in [1.165, 1.54) is 5.56 Å². The Morgan fingerprint density at radius 3 is 2.96 bits per heavy atom. The summed E-state index contributed by atoms with van der Waals surface area (Å²) in [6.07, 6.45) is 6.57. The zero-order valence-electron chi connectivity index (χ0n) is 13.1. The van der Waals surface area contributed by atoms with Gasteiger partial charge in [-0.05, 0) is 24.1 Å². The van der Waals surface area contributed by atoms with Gasteiger partial charge in [-0.15, -0.1) is 0 Å². The minimum absolute atomic E-state index is 0.0308. The van der Waals surface area contributed by atoms with Crippen molar-refractivity contribution in [2.24, 2.45) is 5.92 Å². The fraction of sp³-hybridized carbons (Fsp3) is 0.444.